The van der Waals surface area contributed by atoms with Gasteiger partial charge >= 0.3 is 0 Å². The molecule has 1 aromatic carbocycles. The van der Waals surface area contributed by atoms with Crippen LogP contribution in [0.25, 0.3) is 0 Å². The molecule has 1 aromatic rings. The molecule has 1 aliphatic heterocycles. The molecule has 1 saturated carbocycles. The van der Waals surface area contributed by atoms with E-state index in [0.29, 0.717) is 6.54 Å². The van der Waals surface area contributed by atoms with E-state index >= 15 is 0 Å². The smallest absolute Gasteiger partial charge is 0.243 e. The Morgan fingerprint density at radius 3 is 2.84 bits per heavy atom. The second-order valence-corrected chi connectivity index (χ2v) is 5.56. The van der Waals surface area contributed by atoms with E-state index in [1.54, 1.807) is 0 Å². The highest BCUT2D eigenvalue weighted by Crippen LogP contribution is 2.33. The molecule has 4 heteroatoms. The lowest BCUT2D eigenvalue weighted by Gasteiger charge is -2.39. The number of carbonyl (C=O) groups excluding carboxylic acids is 1. The van der Waals surface area contributed by atoms with Crippen molar-refractivity contribution in [2.24, 2.45) is 5.73 Å². The van der Waals surface area contributed by atoms with Gasteiger partial charge in [-0.2, -0.15) is 0 Å². The number of amides is 1. The zero-order valence-corrected chi connectivity index (χ0v) is 11.1. The van der Waals surface area contributed by atoms with E-state index in [1.165, 1.54) is 19.3 Å². The van der Waals surface area contributed by atoms with Crippen LogP contribution in [0.15, 0.2) is 24.3 Å². The number of nitrogens with zero attached hydrogens (tertiary/aromatic N) is 1. The molecule has 2 aliphatic rings. The number of carbonyl (C=O) groups is 1. The molecule has 1 heterocycles. The van der Waals surface area contributed by atoms with Gasteiger partial charge < -0.3 is 16.0 Å². The molecule has 2 unspecified atom stereocenters. The SMILES string of the molecule is NC1CCCCCC1N1CC(=O)Nc2ccccc21. The molecule has 3 N–H and O–H groups in total. The normalized spacial score (nSPS) is 27.4. The third-order valence-corrected chi connectivity index (χ3v) is 4.23. The maximum absolute atomic E-state index is 11.9. The average Bonchev–Trinajstić information content (AvgIpc) is 2.62. The van der Waals surface area contributed by atoms with Gasteiger partial charge in [0.1, 0.15) is 0 Å². The first-order valence-electron chi connectivity index (χ1n) is 7.17. The van der Waals surface area contributed by atoms with Crippen molar-refractivity contribution in [3.63, 3.8) is 0 Å². The highest BCUT2D eigenvalue weighted by atomic mass is 16.2. The van der Waals surface area contributed by atoms with E-state index in [1.807, 2.05) is 18.2 Å². The molecule has 2 atom stereocenters. The van der Waals surface area contributed by atoms with Crippen LogP contribution in [0.5, 0.6) is 0 Å². The number of hydrogen-bond donors (Lipinski definition) is 2. The summed E-state index contributed by atoms with van der Waals surface area (Å²) in [5, 5.41) is 2.94. The Morgan fingerprint density at radius 1 is 1.16 bits per heavy atom. The van der Waals surface area contributed by atoms with Crippen molar-refractivity contribution >= 4 is 17.3 Å². The summed E-state index contributed by atoms with van der Waals surface area (Å²) in [5.74, 6) is 0.0650. The summed E-state index contributed by atoms with van der Waals surface area (Å²) in [6, 6.07) is 8.46. The van der Waals surface area contributed by atoms with Crippen molar-refractivity contribution in [2.75, 3.05) is 16.8 Å². The van der Waals surface area contributed by atoms with E-state index in [2.05, 4.69) is 16.3 Å². The number of hydrogen-bond acceptors (Lipinski definition) is 3. The fraction of sp³-hybridized carbons (Fsp3) is 0.533. The average molecular weight is 259 g/mol. The number of nitrogens with one attached hydrogen (secondary N) is 1. The summed E-state index contributed by atoms with van der Waals surface area (Å²) in [7, 11) is 0. The van der Waals surface area contributed by atoms with Crippen molar-refractivity contribution in [1.29, 1.82) is 0 Å². The van der Waals surface area contributed by atoms with Gasteiger partial charge in [-0.25, -0.2) is 0 Å². The Balaban J connectivity index is 1.93. The van der Waals surface area contributed by atoms with Gasteiger partial charge in [0.15, 0.2) is 0 Å². The van der Waals surface area contributed by atoms with Crippen molar-refractivity contribution < 1.29 is 4.79 Å². The Hall–Kier alpha value is -1.55. The zero-order chi connectivity index (χ0) is 13.2. The van der Waals surface area contributed by atoms with Gasteiger partial charge in [-0.05, 0) is 25.0 Å². The second-order valence-electron chi connectivity index (χ2n) is 5.56. The van der Waals surface area contributed by atoms with Gasteiger partial charge in [0.05, 0.1) is 17.9 Å². The van der Waals surface area contributed by atoms with Crippen molar-refractivity contribution in [1.82, 2.24) is 0 Å². The van der Waals surface area contributed by atoms with E-state index in [4.69, 9.17) is 5.73 Å². The monoisotopic (exact) mass is 259 g/mol. The van der Waals surface area contributed by atoms with E-state index in [9.17, 15) is 4.79 Å². The molecular formula is C15H21N3O. The molecular weight excluding hydrogens is 238 g/mol. The lowest BCUT2D eigenvalue weighted by Crippen LogP contribution is -2.52. The number of nitrogens with two attached hydrogens (primary N) is 1. The fourth-order valence-corrected chi connectivity index (χ4v) is 3.26. The molecule has 0 aromatic heterocycles. The molecule has 1 amide bonds. The predicted octanol–water partition coefficient (Wildman–Crippen LogP) is 2.11. The summed E-state index contributed by atoms with van der Waals surface area (Å²) in [5.41, 5.74) is 8.37. The molecule has 102 valence electrons. The number of para-hydroxylation sites is 2. The van der Waals surface area contributed by atoms with E-state index in [-0.39, 0.29) is 18.0 Å². The lowest BCUT2D eigenvalue weighted by molar-refractivity contribution is -0.115. The quantitative estimate of drug-likeness (QED) is 0.759. The van der Waals surface area contributed by atoms with Crippen molar-refractivity contribution in [3.8, 4) is 0 Å². The Morgan fingerprint density at radius 2 is 1.95 bits per heavy atom. The molecule has 4 nitrogen and oxygen atoms in total. The van der Waals surface area contributed by atoms with Crippen molar-refractivity contribution in [3.05, 3.63) is 24.3 Å². The van der Waals surface area contributed by atoms with Gasteiger partial charge in [0.2, 0.25) is 5.91 Å². The number of fused-ring (bicyclic) bond motifs is 1. The minimum Gasteiger partial charge on any atom is -0.356 e. The second kappa shape index (κ2) is 5.21. The Bertz CT molecular complexity index is 474. The summed E-state index contributed by atoms with van der Waals surface area (Å²) < 4.78 is 0. The lowest BCUT2D eigenvalue weighted by atomic mass is 10.00. The van der Waals surface area contributed by atoms with Crippen LogP contribution in [-0.4, -0.2) is 24.5 Å². The topological polar surface area (TPSA) is 58.4 Å². The van der Waals surface area contributed by atoms with Crippen LogP contribution in [0.3, 0.4) is 0 Å². The standard InChI is InChI=1S/C15H21N3O/c16-11-6-2-1-3-8-13(11)18-10-15(19)17-12-7-4-5-9-14(12)18/h4-5,7,9,11,13H,1-3,6,8,10,16H2,(H,17,19). The van der Waals surface area contributed by atoms with Gasteiger partial charge in [-0.15, -0.1) is 0 Å². The Kier molecular flexibility index (Phi) is 3.42. The maximum Gasteiger partial charge on any atom is 0.243 e. The number of rotatable bonds is 1. The fourth-order valence-electron chi connectivity index (χ4n) is 3.26. The first-order chi connectivity index (χ1) is 9.25. The summed E-state index contributed by atoms with van der Waals surface area (Å²) in [6.45, 7) is 0.426. The predicted molar refractivity (Wildman–Crippen MR) is 77.3 cm³/mol. The number of benzene rings is 1. The van der Waals surface area contributed by atoms with Crippen LogP contribution >= 0.6 is 0 Å². The molecule has 0 spiro atoms. The van der Waals surface area contributed by atoms with Gasteiger partial charge in [-0.1, -0.05) is 31.4 Å². The molecule has 19 heavy (non-hydrogen) atoms. The highest BCUT2D eigenvalue weighted by Gasteiger charge is 2.31. The molecule has 0 bridgehead atoms. The summed E-state index contributed by atoms with van der Waals surface area (Å²) in [4.78, 5) is 14.1. The highest BCUT2D eigenvalue weighted by molar-refractivity contribution is 6.01. The minimum atomic E-state index is 0.0650. The number of anilines is 2. The van der Waals surface area contributed by atoms with Crippen LogP contribution in [-0.2, 0) is 4.79 Å². The maximum atomic E-state index is 11.9. The van der Waals surface area contributed by atoms with Crippen LogP contribution in [0.4, 0.5) is 11.4 Å². The van der Waals surface area contributed by atoms with Crippen LogP contribution in [0, 0.1) is 0 Å². The van der Waals surface area contributed by atoms with Crippen LogP contribution in [0.2, 0.25) is 0 Å². The van der Waals surface area contributed by atoms with E-state index in [0.717, 1.165) is 24.2 Å². The first-order valence-corrected chi connectivity index (χ1v) is 7.17. The molecule has 1 fully saturated rings. The van der Waals surface area contributed by atoms with Gasteiger partial charge in [0.25, 0.3) is 0 Å². The zero-order valence-electron chi connectivity index (χ0n) is 11.1. The van der Waals surface area contributed by atoms with E-state index < -0.39 is 0 Å². The van der Waals surface area contributed by atoms with Crippen LogP contribution in [0.1, 0.15) is 32.1 Å². The van der Waals surface area contributed by atoms with Crippen molar-refractivity contribution in [2.45, 2.75) is 44.2 Å². The summed E-state index contributed by atoms with van der Waals surface area (Å²) >= 11 is 0. The first kappa shape index (κ1) is 12.5. The summed E-state index contributed by atoms with van der Waals surface area (Å²) in [6.07, 6.45) is 5.82. The molecule has 1 aliphatic carbocycles. The van der Waals surface area contributed by atoms with Gasteiger partial charge in [0, 0.05) is 12.1 Å². The third kappa shape index (κ3) is 2.45. The van der Waals surface area contributed by atoms with Gasteiger partial charge in [-0.3, -0.25) is 4.79 Å². The largest absolute Gasteiger partial charge is 0.356 e. The Labute approximate surface area is 114 Å². The molecule has 0 saturated heterocycles. The molecule has 3 rings (SSSR count). The molecule has 0 radical (unpaired) electrons. The van der Waals surface area contributed by atoms with Crippen LogP contribution < -0.4 is 16.0 Å². The third-order valence-electron chi connectivity index (χ3n) is 4.23. The minimum absolute atomic E-state index is 0.0650.